The molecule has 3 nitrogen and oxygen atoms in total. The fraction of sp³-hybridized carbons (Fsp3) is 0.727. The van der Waals surface area contributed by atoms with Gasteiger partial charge in [0.05, 0.1) is 11.6 Å². The van der Waals surface area contributed by atoms with Gasteiger partial charge in [0, 0.05) is 17.7 Å². The molecule has 0 saturated carbocycles. The lowest BCUT2D eigenvalue weighted by atomic mass is 9.87. The molecule has 0 aromatic carbocycles. The summed E-state index contributed by atoms with van der Waals surface area (Å²) in [5, 5.41) is 3.14. The first-order valence-electron chi connectivity index (χ1n) is 5.47. The van der Waals surface area contributed by atoms with Gasteiger partial charge in [-0.1, -0.05) is 6.92 Å². The minimum Gasteiger partial charge on any atom is -0.378 e. The molecule has 2 unspecified atom stereocenters. The summed E-state index contributed by atoms with van der Waals surface area (Å²) in [6.07, 6.45) is 3.11. The Morgan fingerprint density at radius 2 is 2.53 bits per heavy atom. The van der Waals surface area contributed by atoms with Crippen LogP contribution in [0, 0.1) is 6.92 Å². The third kappa shape index (κ3) is 2.22. The minimum absolute atomic E-state index is 0.252. The summed E-state index contributed by atoms with van der Waals surface area (Å²) in [4.78, 5) is 4.51. The van der Waals surface area contributed by atoms with Crippen LogP contribution in [0.4, 0.5) is 0 Å². The van der Waals surface area contributed by atoms with Crippen LogP contribution in [-0.2, 0) is 10.3 Å². The zero-order chi connectivity index (χ0) is 10.9. The van der Waals surface area contributed by atoms with E-state index in [9.17, 15) is 0 Å². The molecule has 0 radical (unpaired) electrons. The van der Waals surface area contributed by atoms with E-state index in [0.717, 1.165) is 36.6 Å². The van der Waals surface area contributed by atoms with E-state index in [0.29, 0.717) is 6.10 Å². The van der Waals surface area contributed by atoms with E-state index in [1.807, 2.05) is 6.92 Å². The molecule has 1 aliphatic heterocycles. The highest BCUT2D eigenvalue weighted by atomic mass is 32.1. The maximum absolute atomic E-state index is 6.43. The van der Waals surface area contributed by atoms with E-state index in [2.05, 4.69) is 17.3 Å². The Kier molecular flexibility index (Phi) is 3.09. The summed E-state index contributed by atoms with van der Waals surface area (Å²) < 4.78 is 5.65. The van der Waals surface area contributed by atoms with E-state index in [1.165, 1.54) is 0 Å². The Hall–Kier alpha value is -0.450. The topological polar surface area (TPSA) is 48.1 Å². The van der Waals surface area contributed by atoms with Crippen LogP contribution in [0.5, 0.6) is 0 Å². The maximum atomic E-state index is 6.43. The van der Waals surface area contributed by atoms with Gasteiger partial charge in [-0.05, 0) is 26.2 Å². The highest BCUT2D eigenvalue weighted by molar-refractivity contribution is 7.09. The van der Waals surface area contributed by atoms with Gasteiger partial charge in [0.1, 0.15) is 5.01 Å². The summed E-state index contributed by atoms with van der Waals surface area (Å²) >= 11 is 1.68. The number of rotatable bonds is 2. The molecule has 84 valence electrons. The van der Waals surface area contributed by atoms with Crippen LogP contribution >= 0.6 is 11.3 Å². The van der Waals surface area contributed by atoms with Crippen molar-refractivity contribution < 1.29 is 4.74 Å². The summed E-state index contributed by atoms with van der Waals surface area (Å²) in [6, 6.07) is 0. The van der Waals surface area contributed by atoms with Crippen molar-refractivity contribution in [3.05, 3.63) is 16.1 Å². The van der Waals surface area contributed by atoms with Crippen molar-refractivity contribution in [2.45, 2.75) is 44.8 Å². The Morgan fingerprint density at radius 1 is 1.73 bits per heavy atom. The Bertz CT molecular complexity index is 339. The normalized spacial score (nSPS) is 31.8. The number of hydrogen-bond acceptors (Lipinski definition) is 4. The van der Waals surface area contributed by atoms with Gasteiger partial charge in [-0.2, -0.15) is 0 Å². The molecule has 1 aliphatic rings. The van der Waals surface area contributed by atoms with Crippen LogP contribution in [-0.4, -0.2) is 17.7 Å². The van der Waals surface area contributed by atoms with Crippen LogP contribution in [0.2, 0.25) is 0 Å². The lowest BCUT2D eigenvalue weighted by molar-refractivity contribution is -0.0214. The molecule has 1 aromatic heterocycles. The van der Waals surface area contributed by atoms with Gasteiger partial charge in [0.25, 0.3) is 0 Å². The highest BCUT2D eigenvalue weighted by Gasteiger charge is 2.36. The van der Waals surface area contributed by atoms with Crippen molar-refractivity contribution in [3.63, 3.8) is 0 Å². The first kappa shape index (κ1) is 11.0. The summed E-state index contributed by atoms with van der Waals surface area (Å²) in [5.74, 6) is 0. The molecular formula is C11H18N2OS. The lowest BCUT2D eigenvalue weighted by Gasteiger charge is -2.36. The van der Waals surface area contributed by atoms with Crippen molar-refractivity contribution in [2.24, 2.45) is 5.73 Å². The zero-order valence-electron chi connectivity index (χ0n) is 9.32. The van der Waals surface area contributed by atoms with Crippen molar-refractivity contribution in [1.29, 1.82) is 0 Å². The molecule has 0 spiro atoms. The fourth-order valence-electron chi connectivity index (χ4n) is 2.01. The molecule has 15 heavy (non-hydrogen) atoms. The second-order valence-electron chi connectivity index (χ2n) is 4.31. The average Bonchev–Trinajstić information content (AvgIpc) is 2.65. The number of thiazole rings is 1. The molecule has 0 bridgehead atoms. The predicted octanol–water partition coefficient (Wildman–Crippen LogP) is 2.19. The van der Waals surface area contributed by atoms with Crippen molar-refractivity contribution in [2.75, 3.05) is 6.61 Å². The van der Waals surface area contributed by atoms with Gasteiger partial charge in [0.2, 0.25) is 0 Å². The summed E-state index contributed by atoms with van der Waals surface area (Å²) in [5.41, 5.74) is 7.24. The Morgan fingerprint density at radius 3 is 3.13 bits per heavy atom. The van der Waals surface area contributed by atoms with Crippen molar-refractivity contribution in [1.82, 2.24) is 4.98 Å². The first-order valence-corrected chi connectivity index (χ1v) is 6.35. The molecule has 1 fully saturated rings. The molecule has 2 N–H and O–H groups in total. The highest BCUT2D eigenvalue weighted by Crippen LogP contribution is 2.34. The largest absolute Gasteiger partial charge is 0.378 e. The van der Waals surface area contributed by atoms with E-state index in [1.54, 1.807) is 11.3 Å². The number of nitrogens with two attached hydrogens (primary N) is 1. The monoisotopic (exact) mass is 226 g/mol. The predicted molar refractivity (Wildman–Crippen MR) is 62.0 cm³/mol. The van der Waals surface area contributed by atoms with Gasteiger partial charge in [-0.3, -0.25) is 0 Å². The molecule has 1 aromatic rings. The van der Waals surface area contributed by atoms with E-state index < -0.39 is 0 Å². The van der Waals surface area contributed by atoms with Gasteiger partial charge in [-0.25, -0.2) is 4.98 Å². The number of aryl methyl sites for hydroxylation is 1. The third-order valence-electron chi connectivity index (χ3n) is 2.99. The standard InChI is InChI=1S/C11H18N2OS/c1-3-9-6-11(12,4-5-14-9)10-13-8(2)7-15-10/h7,9H,3-6,12H2,1-2H3. The molecular weight excluding hydrogens is 208 g/mol. The van der Waals surface area contributed by atoms with Gasteiger partial charge < -0.3 is 10.5 Å². The zero-order valence-corrected chi connectivity index (χ0v) is 10.1. The minimum atomic E-state index is -0.252. The lowest BCUT2D eigenvalue weighted by Crippen LogP contribution is -2.45. The van der Waals surface area contributed by atoms with Crippen LogP contribution in [0.1, 0.15) is 36.9 Å². The molecule has 0 amide bonds. The molecule has 1 saturated heterocycles. The number of nitrogens with zero attached hydrogens (tertiary/aromatic N) is 1. The Labute approximate surface area is 94.7 Å². The second kappa shape index (κ2) is 4.20. The molecule has 2 atom stereocenters. The molecule has 2 rings (SSSR count). The quantitative estimate of drug-likeness (QED) is 0.841. The van der Waals surface area contributed by atoms with E-state index >= 15 is 0 Å². The smallest absolute Gasteiger partial charge is 0.113 e. The SMILES string of the molecule is CCC1CC(N)(c2nc(C)cs2)CCO1. The summed E-state index contributed by atoms with van der Waals surface area (Å²) in [7, 11) is 0. The average molecular weight is 226 g/mol. The van der Waals surface area contributed by atoms with Crippen LogP contribution in [0.25, 0.3) is 0 Å². The van der Waals surface area contributed by atoms with Crippen molar-refractivity contribution >= 4 is 11.3 Å². The molecule has 4 heteroatoms. The third-order valence-corrected chi connectivity index (χ3v) is 4.17. The Balaban J connectivity index is 2.18. The van der Waals surface area contributed by atoms with E-state index in [-0.39, 0.29) is 5.54 Å². The second-order valence-corrected chi connectivity index (χ2v) is 5.16. The maximum Gasteiger partial charge on any atom is 0.113 e. The van der Waals surface area contributed by atoms with Crippen LogP contribution in [0.15, 0.2) is 5.38 Å². The number of ether oxygens (including phenoxy) is 1. The van der Waals surface area contributed by atoms with Gasteiger partial charge in [0.15, 0.2) is 0 Å². The van der Waals surface area contributed by atoms with Gasteiger partial charge in [-0.15, -0.1) is 11.3 Å². The number of hydrogen-bond donors (Lipinski definition) is 1. The fourth-order valence-corrected chi connectivity index (χ4v) is 2.97. The van der Waals surface area contributed by atoms with Gasteiger partial charge >= 0.3 is 0 Å². The van der Waals surface area contributed by atoms with E-state index in [4.69, 9.17) is 10.5 Å². The molecule has 2 heterocycles. The summed E-state index contributed by atoms with van der Waals surface area (Å²) in [6.45, 7) is 4.91. The first-order chi connectivity index (χ1) is 7.14. The van der Waals surface area contributed by atoms with Crippen LogP contribution in [0.3, 0.4) is 0 Å². The molecule has 0 aliphatic carbocycles. The number of aromatic nitrogens is 1. The van der Waals surface area contributed by atoms with Crippen LogP contribution < -0.4 is 5.73 Å². The van der Waals surface area contributed by atoms with Crippen molar-refractivity contribution in [3.8, 4) is 0 Å².